The molecule has 0 radical (unpaired) electrons. The average Bonchev–Trinajstić information content (AvgIpc) is 2.20. The molecule has 0 aliphatic rings. The molecule has 0 spiro atoms. The van der Waals surface area contributed by atoms with Crippen molar-refractivity contribution in [3.63, 3.8) is 0 Å². The fraction of sp³-hybridized carbons (Fsp3) is 0.400. The minimum absolute atomic E-state index is 0.0259. The van der Waals surface area contributed by atoms with Crippen LogP contribution in [0.25, 0.3) is 0 Å². The van der Waals surface area contributed by atoms with Crippen LogP contribution in [0.4, 0.5) is 0 Å². The summed E-state index contributed by atoms with van der Waals surface area (Å²) < 4.78 is 31.8. The summed E-state index contributed by atoms with van der Waals surface area (Å²) >= 11 is 0. The van der Waals surface area contributed by atoms with Gasteiger partial charge < -0.3 is 9.47 Å². The molecule has 0 aliphatic carbocycles. The van der Waals surface area contributed by atoms with Gasteiger partial charge in [0, 0.05) is 5.56 Å². The third kappa shape index (κ3) is 3.13. The molecule has 0 aromatic heterocycles. The molecule has 0 heterocycles. The Kier molecular flexibility index (Phi) is 4.42. The summed E-state index contributed by atoms with van der Waals surface area (Å²) in [5.41, 5.74) is 0.632. The molecule has 1 rings (SSSR count). The van der Waals surface area contributed by atoms with Crippen molar-refractivity contribution in [3.05, 3.63) is 23.8 Å². The Morgan fingerprint density at radius 2 is 2.07 bits per heavy atom. The van der Waals surface area contributed by atoms with Crippen molar-refractivity contribution in [2.45, 2.75) is 12.7 Å². The number of hydrogen-bond donors (Lipinski definition) is 1. The maximum atomic E-state index is 10.7. The van der Waals surface area contributed by atoms with Gasteiger partial charge >= 0.3 is 0 Å². The average molecular weight is 230 g/mol. The third-order valence-electron chi connectivity index (χ3n) is 1.87. The van der Waals surface area contributed by atoms with Crippen molar-refractivity contribution in [1.29, 1.82) is 0 Å². The molecule has 1 aromatic carbocycles. The van der Waals surface area contributed by atoms with E-state index in [0.29, 0.717) is 23.7 Å². The Hall–Kier alpha value is -1.23. The van der Waals surface area contributed by atoms with Crippen molar-refractivity contribution in [3.8, 4) is 11.5 Å². The van der Waals surface area contributed by atoms with Gasteiger partial charge in [0.25, 0.3) is 0 Å². The van der Waals surface area contributed by atoms with Crippen molar-refractivity contribution in [2.24, 2.45) is 0 Å². The lowest BCUT2D eigenvalue weighted by molar-refractivity contribution is 0.308. The molecule has 0 bridgehead atoms. The lowest BCUT2D eigenvalue weighted by Crippen LogP contribution is -2.00. The van der Waals surface area contributed by atoms with Crippen LogP contribution in [0.3, 0.4) is 0 Å². The van der Waals surface area contributed by atoms with Crippen LogP contribution in [-0.4, -0.2) is 22.1 Å². The number of ether oxygens (including phenoxy) is 2. The fourth-order valence-corrected chi connectivity index (χ4v) is 1.82. The first-order valence-electron chi connectivity index (χ1n) is 4.59. The standard InChI is InChI=1S/C10H14O4S/c1-3-14-10-8(7-15(11)12)5-4-6-9(10)13-2/h4-6,15H,3,7H2,1-2H3. The van der Waals surface area contributed by atoms with E-state index >= 15 is 0 Å². The van der Waals surface area contributed by atoms with Crippen molar-refractivity contribution in [2.75, 3.05) is 13.7 Å². The Bertz CT molecular complexity index is 390. The zero-order valence-corrected chi connectivity index (χ0v) is 9.62. The van der Waals surface area contributed by atoms with Gasteiger partial charge in [-0.05, 0) is 13.0 Å². The van der Waals surface area contributed by atoms with E-state index in [-0.39, 0.29) is 5.75 Å². The number of para-hydroxylation sites is 1. The molecule has 0 aliphatic heterocycles. The minimum atomic E-state index is -2.46. The zero-order valence-electron chi connectivity index (χ0n) is 8.73. The molecule has 0 atom stereocenters. The summed E-state index contributed by atoms with van der Waals surface area (Å²) in [6, 6.07) is 5.21. The molecule has 0 unspecified atom stereocenters. The van der Waals surface area contributed by atoms with E-state index in [1.54, 1.807) is 18.2 Å². The minimum Gasteiger partial charge on any atom is -0.493 e. The third-order valence-corrected chi connectivity index (χ3v) is 2.47. The van der Waals surface area contributed by atoms with Gasteiger partial charge in [-0.1, -0.05) is 12.1 Å². The number of methoxy groups -OCH3 is 1. The van der Waals surface area contributed by atoms with Gasteiger partial charge in [0.05, 0.1) is 19.5 Å². The SMILES string of the molecule is CCOc1c(C[SH](=O)=O)cccc1OC. The van der Waals surface area contributed by atoms with E-state index in [1.807, 2.05) is 6.92 Å². The van der Waals surface area contributed by atoms with Gasteiger partial charge in [-0.25, -0.2) is 8.42 Å². The molecule has 84 valence electrons. The fourth-order valence-electron chi connectivity index (χ4n) is 1.29. The van der Waals surface area contributed by atoms with Crippen LogP contribution in [0.1, 0.15) is 12.5 Å². The highest BCUT2D eigenvalue weighted by molar-refractivity contribution is 7.71. The van der Waals surface area contributed by atoms with Gasteiger partial charge in [-0.2, -0.15) is 0 Å². The Morgan fingerprint density at radius 1 is 1.33 bits per heavy atom. The molecule has 5 heteroatoms. The summed E-state index contributed by atoms with van der Waals surface area (Å²) in [7, 11) is -0.930. The molecule has 0 saturated carbocycles. The molecule has 0 fully saturated rings. The first-order valence-corrected chi connectivity index (χ1v) is 5.95. The predicted molar refractivity (Wildman–Crippen MR) is 58.2 cm³/mol. The molecule has 0 N–H and O–H groups in total. The van der Waals surface area contributed by atoms with E-state index in [0.717, 1.165) is 0 Å². The largest absolute Gasteiger partial charge is 0.493 e. The van der Waals surface area contributed by atoms with Crippen molar-refractivity contribution in [1.82, 2.24) is 0 Å². The van der Waals surface area contributed by atoms with Crippen LogP contribution >= 0.6 is 0 Å². The second kappa shape index (κ2) is 5.60. The van der Waals surface area contributed by atoms with Crippen LogP contribution in [0, 0.1) is 0 Å². The summed E-state index contributed by atoms with van der Waals surface area (Å²) in [5.74, 6) is 1.05. The van der Waals surface area contributed by atoms with E-state index in [9.17, 15) is 8.42 Å². The van der Waals surface area contributed by atoms with Gasteiger partial charge in [0.2, 0.25) is 0 Å². The second-order valence-corrected chi connectivity index (χ2v) is 3.85. The number of benzene rings is 1. The number of thiol groups is 1. The Labute approximate surface area is 90.8 Å². The normalized spacial score (nSPS) is 10.3. The summed E-state index contributed by atoms with van der Waals surface area (Å²) in [6.45, 7) is 2.32. The monoisotopic (exact) mass is 230 g/mol. The zero-order chi connectivity index (χ0) is 11.3. The van der Waals surface area contributed by atoms with E-state index < -0.39 is 10.7 Å². The molecule has 4 nitrogen and oxygen atoms in total. The molecular weight excluding hydrogens is 216 g/mol. The van der Waals surface area contributed by atoms with Crippen LogP contribution in [0.2, 0.25) is 0 Å². The number of hydrogen-bond acceptors (Lipinski definition) is 4. The smallest absolute Gasteiger partial charge is 0.165 e. The van der Waals surface area contributed by atoms with Crippen LogP contribution < -0.4 is 9.47 Å². The van der Waals surface area contributed by atoms with E-state index in [1.165, 1.54) is 7.11 Å². The van der Waals surface area contributed by atoms with Crippen LogP contribution in [0.15, 0.2) is 18.2 Å². The Morgan fingerprint density at radius 3 is 2.60 bits per heavy atom. The Balaban J connectivity index is 3.11. The molecule has 0 amide bonds. The van der Waals surface area contributed by atoms with Gasteiger partial charge in [0.15, 0.2) is 11.5 Å². The first-order chi connectivity index (χ1) is 7.19. The first kappa shape index (κ1) is 11.8. The lowest BCUT2D eigenvalue weighted by Gasteiger charge is -2.12. The molecule has 15 heavy (non-hydrogen) atoms. The quantitative estimate of drug-likeness (QED) is 0.772. The highest BCUT2D eigenvalue weighted by atomic mass is 32.2. The van der Waals surface area contributed by atoms with Crippen molar-refractivity contribution < 1.29 is 17.9 Å². The molecular formula is C10H14O4S. The van der Waals surface area contributed by atoms with E-state index in [4.69, 9.17) is 9.47 Å². The van der Waals surface area contributed by atoms with Crippen molar-refractivity contribution >= 4 is 10.7 Å². The van der Waals surface area contributed by atoms with Crippen LogP contribution in [0.5, 0.6) is 11.5 Å². The summed E-state index contributed by atoms with van der Waals surface area (Å²) in [5, 5.41) is 0. The topological polar surface area (TPSA) is 52.6 Å². The van der Waals surface area contributed by atoms with Gasteiger partial charge in [0.1, 0.15) is 10.7 Å². The highest BCUT2D eigenvalue weighted by Gasteiger charge is 2.10. The number of rotatable bonds is 5. The maximum Gasteiger partial charge on any atom is 0.165 e. The van der Waals surface area contributed by atoms with Gasteiger partial charge in [-0.3, -0.25) is 0 Å². The maximum absolute atomic E-state index is 10.7. The summed E-state index contributed by atoms with van der Waals surface area (Å²) in [4.78, 5) is 0. The highest BCUT2D eigenvalue weighted by Crippen LogP contribution is 2.31. The van der Waals surface area contributed by atoms with Crippen LogP contribution in [-0.2, 0) is 16.5 Å². The molecule has 0 saturated heterocycles. The molecule has 1 aromatic rings. The van der Waals surface area contributed by atoms with E-state index in [2.05, 4.69) is 0 Å². The lowest BCUT2D eigenvalue weighted by atomic mass is 10.2. The second-order valence-electron chi connectivity index (χ2n) is 2.87. The predicted octanol–water partition coefficient (Wildman–Crippen LogP) is 1.21. The van der Waals surface area contributed by atoms with Gasteiger partial charge in [-0.15, -0.1) is 0 Å². The summed E-state index contributed by atoms with van der Waals surface area (Å²) in [6.07, 6.45) is 0.